The molecule has 0 radical (unpaired) electrons. The lowest BCUT2D eigenvalue weighted by atomic mass is 9.88. The number of halogens is 3. The second kappa shape index (κ2) is 5.65. The van der Waals surface area contributed by atoms with Crippen molar-refractivity contribution in [3.8, 4) is 0 Å². The Morgan fingerprint density at radius 3 is 2.48 bits per heavy atom. The number of hydrogen-bond acceptors (Lipinski definition) is 2. The quantitative estimate of drug-likeness (QED) is 0.817. The molecular formula is C15H18BrF2NO2. The Kier molecular flexibility index (Phi) is 4.40. The van der Waals surface area contributed by atoms with Crippen LogP contribution in [0.1, 0.15) is 32.3 Å². The molecule has 1 saturated heterocycles. The van der Waals surface area contributed by atoms with E-state index in [1.807, 2.05) is 25.7 Å². The maximum absolute atomic E-state index is 14.3. The smallest absolute Gasteiger partial charge is 0.308 e. The van der Waals surface area contributed by atoms with Gasteiger partial charge in [-0.25, -0.2) is 8.78 Å². The fraction of sp³-hybridized carbons (Fsp3) is 0.533. The number of hydrogen-bond donors (Lipinski definition) is 1. The molecule has 1 aliphatic rings. The highest BCUT2D eigenvalue weighted by Crippen LogP contribution is 2.39. The van der Waals surface area contributed by atoms with Gasteiger partial charge in [0.2, 0.25) is 0 Å². The number of carboxylic acid groups (broad SMARTS) is 1. The third-order valence-electron chi connectivity index (χ3n) is 4.05. The fourth-order valence-corrected chi connectivity index (χ4v) is 3.11. The summed E-state index contributed by atoms with van der Waals surface area (Å²) < 4.78 is 27.4. The van der Waals surface area contributed by atoms with Crippen LogP contribution in [0.4, 0.5) is 8.78 Å². The van der Waals surface area contributed by atoms with E-state index < -0.39 is 29.4 Å². The fourth-order valence-electron chi connectivity index (χ4n) is 2.74. The molecule has 0 amide bonds. The second-order valence-corrected chi connectivity index (χ2v) is 7.18. The maximum atomic E-state index is 14.3. The van der Waals surface area contributed by atoms with Gasteiger partial charge in [-0.05, 0) is 48.3 Å². The zero-order chi connectivity index (χ0) is 15.9. The highest BCUT2D eigenvalue weighted by Gasteiger charge is 2.43. The summed E-state index contributed by atoms with van der Waals surface area (Å²) in [6.07, 6.45) is 0. The highest BCUT2D eigenvalue weighted by atomic mass is 79.9. The monoisotopic (exact) mass is 361 g/mol. The first-order valence-corrected chi connectivity index (χ1v) is 7.53. The van der Waals surface area contributed by atoms with E-state index in [0.29, 0.717) is 13.1 Å². The molecule has 1 aromatic rings. The molecule has 3 nitrogen and oxygen atoms in total. The van der Waals surface area contributed by atoms with Crippen molar-refractivity contribution in [1.82, 2.24) is 4.90 Å². The van der Waals surface area contributed by atoms with Crippen LogP contribution in [0.5, 0.6) is 0 Å². The molecule has 6 heteroatoms. The van der Waals surface area contributed by atoms with Gasteiger partial charge in [-0.2, -0.15) is 0 Å². The Hall–Kier alpha value is -1.01. The van der Waals surface area contributed by atoms with Gasteiger partial charge in [0, 0.05) is 24.5 Å². The van der Waals surface area contributed by atoms with Crippen LogP contribution in [-0.4, -0.2) is 34.6 Å². The lowest BCUT2D eigenvalue weighted by molar-refractivity contribution is -0.141. The largest absolute Gasteiger partial charge is 0.481 e. The zero-order valence-corrected chi connectivity index (χ0v) is 13.7. The Balaban J connectivity index is 2.42. The summed E-state index contributed by atoms with van der Waals surface area (Å²) in [7, 11) is 0. The van der Waals surface area contributed by atoms with Crippen LogP contribution in [-0.2, 0) is 4.79 Å². The van der Waals surface area contributed by atoms with Crippen LogP contribution in [0.15, 0.2) is 16.6 Å². The van der Waals surface area contributed by atoms with Gasteiger partial charge in [-0.1, -0.05) is 6.07 Å². The zero-order valence-electron chi connectivity index (χ0n) is 12.2. The first kappa shape index (κ1) is 16.4. The minimum absolute atomic E-state index is 0.198. The average molecular weight is 362 g/mol. The van der Waals surface area contributed by atoms with E-state index in [-0.39, 0.29) is 15.6 Å². The summed E-state index contributed by atoms with van der Waals surface area (Å²) in [5.74, 6) is -3.53. The molecule has 0 unspecified atom stereocenters. The minimum atomic E-state index is -0.952. The molecule has 0 spiro atoms. The number of carboxylic acids is 1. The molecule has 2 atom stereocenters. The van der Waals surface area contributed by atoms with Gasteiger partial charge in [0.15, 0.2) is 0 Å². The van der Waals surface area contributed by atoms with Crippen LogP contribution < -0.4 is 0 Å². The van der Waals surface area contributed by atoms with Crippen molar-refractivity contribution in [2.75, 3.05) is 13.1 Å². The van der Waals surface area contributed by atoms with Crippen molar-refractivity contribution in [3.63, 3.8) is 0 Å². The molecule has 0 aromatic heterocycles. The van der Waals surface area contributed by atoms with Crippen LogP contribution in [0.3, 0.4) is 0 Å². The van der Waals surface area contributed by atoms with Crippen LogP contribution in [0, 0.1) is 17.6 Å². The van der Waals surface area contributed by atoms with E-state index >= 15 is 0 Å². The molecule has 116 valence electrons. The van der Waals surface area contributed by atoms with Crippen LogP contribution >= 0.6 is 15.9 Å². The number of nitrogens with zero attached hydrogens (tertiary/aromatic N) is 1. The number of rotatable bonds is 2. The first-order chi connectivity index (χ1) is 9.62. The molecule has 2 rings (SSSR count). The Morgan fingerprint density at radius 2 is 1.95 bits per heavy atom. The van der Waals surface area contributed by atoms with Crippen LogP contribution in [0.25, 0.3) is 0 Å². The summed E-state index contributed by atoms with van der Waals surface area (Å²) in [5, 5.41) is 9.41. The standard InChI is InChI=1S/C15H18BrF2NO2/c1-15(2,3)19-6-9(10(7-19)14(20)21)8-4-5-11(17)12(16)13(8)18/h4-5,9-10H,6-7H2,1-3H3,(H,20,21)/t9-,10+/m0/s1. The molecule has 0 saturated carbocycles. The average Bonchev–Trinajstić information content (AvgIpc) is 2.81. The third kappa shape index (κ3) is 3.11. The summed E-state index contributed by atoms with van der Waals surface area (Å²) in [5.41, 5.74) is 0.0540. The number of aliphatic carboxylic acids is 1. The summed E-state index contributed by atoms with van der Waals surface area (Å²) in [4.78, 5) is 13.5. The van der Waals surface area contributed by atoms with Gasteiger partial charge in [-0.15, -0.1) is 0 Å². The molecule has 1 heterocycles. The van der Waals surface area contributed by atoms with Crippen molar-refractivity contribution in [3.05, 3.63) is 33.8 Å². The molecule has 1 aliphatic heterocycles. The predicted octanol–water partition coefficient (Wildman–Crippen LogP) is 3.63. The van der Waals surface area contributed by atoms with E-state index in [4.69, 9.17) is 0 Å². The van der Waals surface area contributed by atoms with Gasteiger partial charge in [0.25, 0.3) is 0 Å². The van der Waals surface area contributed by atoms with Crippen molar-refractivity contribution >= 4 is 21.9 Å². The van der Waals surface area contributed by atoms with E-state index in [2.05, 4.69) is 15.9 Å². The predicted molar refractivity (Wildman–Crippen MR) is 79.3 cm³/mol. The second-order valence-electron chi connectivity index (χ2n) is 6.39. The molecular weight excluding hydrogens is 344 g/mol. The molecule has 1 aromatic carbocycles. The van der Waals surface area contributed by atoms with Gasteiger partial charge >= 0.3 is 5.97 Å². The van der Waals surface area contributed by atoms with Gasteiger partial charge in [0.1, 0.15) is 11.6 Å². The lowest BCUT2D eigenvalue weighted by Gasteiger charge is -2.31. The molecule has 1 N–H and O–H groups in total. The molecule has 0 aliphatic carbocycles. The number of likely N-dealkylation sites (tertiary alicyclic amines) is 1. The molecule has 0 bridgehead atoms. The Morgan fingerprint density at radius 1 is 1.33 bits per heavy atom. The van der Waals surface area contributed by atoms with Crippen molar-refractivity contribution in [2.45, 2.75) is 32.2 Å². The normalized spacial score (nSPS) is 23.5. The molecule has 1 fully saturated rings. The van der Waals surface area contributed by atoms with Crippen molar-refractivity contribution < 1.29 is 18.7 Å². The van der Waals surface area contributed by atoms with E-state index in [9.17, 15) is 18.7 Å². The first-order valence-electron chi connectivity index (χ1n) is 6.74. The lowest BCUT2D eigenvalue weighted by Crippen LogP contribution is -2.40. The van der Waals surface area contributed by atoms with Gasteiger partial charge in [-0.3, -0.25) is 9.69 Å². The summed E-state index contributed by atoms with van der Waals surface area (Å²) in [6.45, 7) is 6.77. The van der Waals surface area contributed by atoms with E-state index in [1.54, 1.807) is 0 Å². The molecule has 21 heavy (non-hydrogen) atoms. The van der Waals surface area contributed by atoms with Gasteiger partial charge < -0.3 is 5.11 Å². The Bertz CT molecular complexity index is 572. The van der Waals surface area contributed by atoms with Gasteiger partial charge in [0.05, 0.1) is 10.4 Å². The topological polar surface area (TPSA) is 40.5 Å². The SMILES string of the molecule is CC(C)(C)N1C[C@@H](C(=O)O)[C@H](c2ccc(F)c(Br)c2F)C1. The maximum Gasteiger partial charge on any atom is 0.308 e. The third-order valence-corrected chi connectivity index (χ3v) is 4.78. The highest BCUT2D eigenvalue weighted by molar-refractivity contribution is 9.10. The van der Waals surface area contributed by atoms with E-state index in [0.717, 1.165) is 0 Å². The summed E-state index contributed by atoms with van der Waals surface area (Å²) in [6, 6.07) is 2.52. The number of benzene rings is 1. The Labute approximate surface area is 131 Å². The van der Waals surface area contributed by atoms with E-state index in [1.165, 1.54) is 12.1 Å². The van der Waals surface area contributed by atoms with Crippen molar-refractivity contribution in [2.24, 2.45) is 5.92 Å². The number of carbonyl (C=O) groups is 1. The van der Waals surface area contributed by atoms with Crippen LogP contribution in [0.2, 0.25) is 0 Å². The van der Waals surface area contributed by atoms with Crippen molar-refractivity contribution in [1.29, 1.82) is 0 Å². The summed E-state index contributed by atoms with van der Waals surface area (Å²) >= 11 is 2.88. The minimum Gasteiger partial charge on any atom is -0.481 e.